The van der Waals surface area contributed by atoms with Gasteiger partial charge in [-0.25, -0.2) is 9.82 Å². The first kappa shape index (κ1) is 24.2. The van der Waals surface area contributed by atoms with E-state index in [0.29, 0.717) is 28.5 Å². The summed E-state index contributed by atoms with van der Waals surface area (Å²) in [6.07, 6.45) is 1.36. The molecule has 0 atom stereocenters. The van der Waals surface area contributed by atoms with Crippen LogP contribution in [0.25, 0.3) is 0 Å². The van der Waals surface area contributed by atoms with Gasteiger partial charge in [-0.1, -0.05) is 6.07 Å². The first-order valence-electron chi connectivity index (χ1n) is 10.7. The normalized spacial score (nSPS) is 11.7. The minimum absolute atomic E-state index is 0.135. The minimum atomic E-state index is -0.917. The Morgan fingerprint density at radius 2 is 1.69 bits per heavy atom. The first-order chi connectivity index (χ1) is 17.5. The lowest BCUT2D eigenvalue weighted by Crippen LogP contribution is -2.37. The molecule has 3 N–H and O–H groups in total. The Bertz CT molecular complexity index is 1280. The van der Waals surface area contributed by atoms with Gasteiger partial charge in [-0.05, 0) is 71.8 Å². The number of fused-ring (bicyclic) bond motifs is 1. The summed E-state index contributed by atoms with van der Waals surface area (Å²) in [5.41, 5.74) is 3.99. The standard InChI is InChI=1S/C25H21FN4O6/c26-18-4-6-19(7-5-18)29-23(31)14-34-20-8-1-16(2-9-20)13-28-30-25(33)24(32)27-12-17-3-10-21-22(11-17)36-15-35-21/h1-11,13H,12,14-15H2,(H,27,32)(H,29,31)(H,30,33)/b28-13-. The molecule has 3 aromatic rings. The van der Waals surface area contributed by atoms with Crippen molar-refractivity contribution in [2.75, 3.05) is 18.7 Å². The third-order valence-corrected chi connectivity index (χ3v) is 4.85. The molecule has 184 valence electrons. The topological polar surface area (TPSA) is 127 Å². The van der Waals surface area contributed by atoms with Gasteiger partial charge in [0.25, 0.3) is 5.91 Å². The number of hydrogen-bond donors (Lipinski definition) is 3. The van der Waals surface area contributed by atoms with E-state index in [4.69, 9.17) is 14.2 Å². The zero-order valence-corrected chi connectivity index (χ0v) is 18.8. The van der Waals surface area contributed by atoms with Crippen LogP contribution < -0.4 is 30.3 Å². The molecule has 0 radical (unpaired) electrons. The second kappa shape index (κ2) is 11.5. The maximum atomic E-state index is 12.9. The van der Waals surface area contributed by atoms with Gasteiger partial charge in [0.15, 0.2) is 18.1 Å². The van der Waals surface area contributed by atoms with Crippen LogP contribution in [0, 0.1) is 5.82 Å². The number of rotatable bonds is 8. The average molecular weight is 492 g/mol. The molecular weight excluding hydrogens is 471 g/mol. The summed E-state index contributed by atoms with van der Waals surface area (Å²) in [7, 11) is 0. The quantitative estimate of drug-likeness (QED) is 0.252. The van der Waals surface area contributed by atoms with E-state index in [2.05, 4.69) is 21.2 Å². The van der Waals surface area contributed by atoms with E-state index in [-0.39, 0.29) is 19.9 Å². The highest BCUT2D eigenvalue weighted by Crippen LogP contribution is 2.32. The average Bonchev–Trinajstić information content (AvgIpc) is 3.36. The molecule has 1 heterocycles. The molecule has 0 spiro atoms. The smallest absolute Gasteiger partial charge is 0.329 e. The Balaban J connectivity index is 1.17. The first-order valence-corrected chi connectivity index (χ1v) is 10.7. The number of carbonyl (C=O) groups excluding carboxylic acids is 3. The van der Waals surface area contributed by atoms with Gasteiger partial charge in [-0.3, -0.25) is 14.4 Å². The molecule has 0 saturated carbocycles. The number of hydrazone groups is 1. The molecule has 1 aliphatic heterocycles. The minimum Gasteiger partial charge on any atom is -0.484 e. The molecule has 11 heteroatoms. The highest BCUT2D eigenvalue weighted by atomic mass is 19.1. The van der Waals surface area contributed by atoms with E-state index in [1.807, 2.05) is 0 Å². The van der Waals surface area contributed by atoms with Crippen LogP contribution in [-0.2, 0) is 20.9 Å². The lowest BCUT2D eigenvalue weighted by molar-refractivity contribution is -0.139. The molecule has 0 aromatic heterocycles. The van der Waals surface area contributed by atoms with Gasteiger partial charge in [0, 0.05) is 12.2 Å². The van der Waals surface area contributed by atoms with E-state index in [1.165, 1.54) is 30.5 Å². The van der Waals surface area contributed by atoms with Gasteiger partial charge in [0.1, 0.15) is 11.6 Å². The zero-order valence-electron chi connectivity index (χ0n) is 18.8. The third-order valence-electron chi connectivity index (χ3n) is 4.85. The van der Waals surface area contributed by atoms with E-state index in [9.17, 15) is 18.8 Å². The predicted octanol–water partition coefficient (Wildman–Crippen LogP) is 2.34. The Hall–Kier alpha value is -4.93. The van der Waals surface area contributed by atoms with E-state index in [1.54, 1.807) is 42.5 Å². The van der Waals surface area contributed by atoms with Crippen molar-refractivity contribution in [2.45, 2.75) is 6.54 Å². The van der Waals surface area contributed by atoms with Gasteiger partial charge in [-0.15, -0.1) is 0 Å². The summed E-state index contributed by atoms with van der Waals surface area (Å²) >= 11 is 0. The Kier molecular flexibility index (Phi) is 7.71. The number of anilines is 1. The second-order valence-corrected chi connectivity index (χ2v) is 7.48. The Morgan fingerprint density at radius 3 is 2.47 bits per heavy atom. The zero-order chi connectivity index (χ0) is 25.3. The van der Waals surface area contributed by atoms with E-state index in [0.717, 1.165) is 5.56 Å². The summed E-state index contributed by atoms with van der Waals surface area (Å²) in [6, 6.07) is 17.1. The molecule has 3 amide bonds. The maximum absolute atomic E-state index is 12.9. The number of carbonyl (C=O) groups is 3. The third kappa shape index (κ3) is 6.79. The lowest BCUT2D eigenvalue weighted by Gasteiger charge is -2.07. The van der Waals surface area contributed by atoms with Crippen molar-refractivity contribution in [3.05, 3.63) is 83.7 Å². The molecule has 4 rings (SSSR count). The van der Waals surface area contributed by atoms with Crippen LogP contribution in [0.3, 0.4) is 0 Å². The number of hydrogen-bond acceptors (Lipinski definition) is 7. The van der Waals surface area contributed by atoms with Crippen molar-refractivity contribution >= 4 is 29.6 Å². The number of amides is 3. The predicted molar refractivity (Wildman–Crippen MR) is 127 cm³/mol. The highest BCUT2D eigenvalue weighted by Gasteiger charge is 2.15. The van der Waals surface area contributed by atoms with Crippen LogP contribution in [0.15, 0.2) is 71.8 Å². The lowest BCUT2D eigenvalue weighted by atomic mass is 10.2. The van der Waals surface area contributed by atoms with Crippen LogP contribution in [0.1, 0.15) is 11.1 Å². The number of nitrogens with zero attached hydrogens (tertiary/aromatic N) is 1. The fourth-order valence-electron chi connectivity index (χ4n) is 3.06. The molecule has 0 unspecified atom stereocenters. The van der Waals surface area contributed by atoms with Crippen molar-refractivity contribution in [1.82, 2.24) is 10.7 Å². The SMILES string of the molecule is O=C(COc1ccc(/C=N\NC(=O)C(=O)NCc2ccc3c(c2)OCO3)cc1)Nc1ccc(F)cc1. The monoisotopic (exact) mass is 492 g/mol. The fraction of sp³-hybridized carbons (Fsp3) is 0.120. The van der Waals surface area contributed by atoms with Crippen LogP contribution in [0.2, 0.25) is 0 Å². The van der Waals surface area contributed by atoms with E-state index < -0.39 is 23.5 Å². The van der Waals surface area contributed by atoms with Crippen molar-refractivity contribution in [1.29, 1.82) is 0 Å². The second-order valence-electron chi connectivity index (χ2n) is 7.48. The number of benzene rings is 3. The van der Waals surface area contributed by atoms with Crippen molar-refractivity contribution < 1.29 is 33.0 Å². The molecule has 0 aliphatic carbocycles. The van der Waals surface area contributed by atoms with E-state index >= 15 is 0 Å². The van der Waals surface area contributed by atoms with Gasteiger partial charge >= 0.3 is 11.8 Å². The molecule has 3 aromatic carbocycles. The summed E-state index contributed by atoms with van der Waals surface area (Å²) in [6.45, 7) is 0.0511. The van der Waals surface area contributed by atoms with Gasteiger partial charge in [0.2, 0.25) is 6.79 Å². The number of nitrogens with one attached hydrogen (secondary N) is 3. The van der Waals surface area contributed by atoms with Gasteiger partial charge < -0.3 is 24.8 Å². The Labute approximate surface area is 205 Å². The summed E-state index contributed by atoms with van der Waals surface area (Å²) in [5, 5.41) is 8.86. The Morgan fingerprint density at radius 1 is 0.944 bits per heavy atom. The largest absolute Gasteiger partial charge is 0.484 e. The van der Waals surface area contributed by atoms with Crippen LogP contribution >= 0.6 is 0 Å². The molecule has 1 aliphatic rings. The highest BCUT2D eigenvalue weighted by molar-refractivity contribution is 6.35. The van der Waals surface area contributed by atoms with Crippen molar-refractivity contribution in [3.63, 3.8) is 0 Å². The van der Waals surface area contributed by atoms with Crippen molar-refractivity contribution in [2.24, 2.45) is 5.10 Å². The van der Waals surface area contributed by atoms with Gasteiger partial charge in [0.05, 0.1) is 6.21 Å². The van der Waals surface area contributed by atoms with Crippen LogP contribution in [0.5, 0.6) is 17.2 Å². The van der Waals surface area contributed by atoms with Crippen LogP contribution in [-0.4, -0.2) is 37.3 Å². The molecule has 0 saturated heterocycles. The number of ether oxygens (including phenoxy) is 3. The summed E-state index contributed by atoms with van der Waals surface area (Å²) in [5.74, 6) is -0.899. The van der Waals surface area contributed by atoms with Crippen molar-refractivity contribution in [3.8, 4) is 17.2 Å². The van der Waals surface area contributed by atoms with Crippen LogP contribution in [0.4, 0.5) is 10.1 Å². The molecular formula is C25H21FN4O6. The fourth-order valence-corrected chi connectivity index (χ4v) is 3.06. The summed E-state index contributed by atoms with van der Waals surface area (Å²) in [4.78, 5) is 35.8. The van der Waals surface area contributed by atoms with Gasteiger partial charge in [-0.2, -0.15) is 5.10 Å². The molecule has 0 bridgehead atoms. The number of halogens is 1. The molecule has 36 heavy (non-hydrogen) atoms. The maximum Gasteiger partial charge on any atom is 0.329 e. The molecule has 0 fully saturated rings. The molecule has 10 nitrogen and oxygen atoms in total. The summed E-state index contributed by atoms with van der Waals surface area (Å²) < 4.78 is 28.8.